The number of carbonyl (C=O) groups is 2. The number of carbonyl (C=O) groups excluding carboxylic acids is 1. The van der Waals surface area contributed by atoms with Crippen molar-refractivity contribution in [1.29, 1.82) is 0 Å². The molecule has 0 aromatic carbocycles. The lowest BCUT2D eigenvalue weighted by atomic mass is 10.2. The van der Waals surface area contributed by atoms with Crippen molar-refractivity contribution in [3.05, 3.63) is 40.1 Å². The van der Waals surface area contributed by atoms with Crippen LogP contribution < -0.4 is 0 Å². The zero-order valence-electron chi connectivity index (χ0n) is 10.3. The molecule has 0 atom stereocenters. The van der Waals surface area contributed by atoms with Crippen molar-refractivity contribution in [2.24, 2.45) is 0 Å². The molecule has 0 aliphatic rings. The number of aromatic nitrogens is 2. The average molecular weight is 279 g/mol. The average Bonchev–Trinajstić information content (AvgIpc) is 3.05. The number of hydrogen-bond donors (Lipinski definition) is 2. The first-order chi connectivity index (χ1) is 9.13. The van der Waals surface area contributed by atoms with Gasteiger partial charge in [-0.05, 0) is 18.4 Å². The van der Waals surface area contributed by atoms with E-state index < -0.39 is 5.97 Å². The smallest absolute Gasteiger partial charge is 0.354 e. The van der Waals surface area contributed by atoms with E-state index in [1.807, 2.05) is 24.4 Å². The van der Waals surface area contributed by atoms with Crippen LogP contribution in [-0.2, 0) is 6.54 Å². The highest BCUT2D eigenvalue weighted by Crippen LogP contribution is 2.14. The molecule has 100 valence electrons. The fourth-order valence-electron chi connectivity index (χ4n) is 1.69. The zero-order valence-corrected chi connectivity index (χ0v) is 11.1. The topological polar surface area (TPSA) is 86.3 Å². The van der Waals surface area contributed by atoms with E-state index in [2.05, 4.69) is 9.97 Å². The molecule has 0 aliphatic heterocycles. The molecule has 0 saturated heterocycles. The Balaban J connectivity index is 2.21. The number of nitrogens with one attached hydrogen (secondary N) is 1. The Morgan fingerprint density at radius 3 is 2.89 bits per heavy atom. The number of H-pyrrole nitrogens is 1. The maximum absolute atomic E-state index is 12.3. The van der Waals surface area contributed by atoms with Gasteiger partial charge in [0.15, 0.2) is 11.4 Å². The van der Waals surface area contributed by atoms with E-state index in [1.54, 1.807) is 16.2 Å². The van der Waals surface area contributed by atoms with Gasteiger partial charge >= 0.3 is 5.97 Å². The molecule has 0 bridgehead atoms. The van der Waals surface area contributed by atoms with Crippen LogP contribution in [0.25, 0.3) is 0 Å². The molecule has 0 radical (unpaired) electrons. The molecular formula is C12H13N3O3S. The fourth-order valence-corrected chi connectivity index (χ4v) is 2.41. The largest absolute Gasteiger partial charge is 0.477 e. The molecule has 0 unspecified atom stereocenters. The van der Waals surface area contributed by atoms with Gasteiger partial charge in [0.1, 0.15) is 0 Å². The summed E-state index contributed by atoms with van der Waals surface area (Å²) in [4.78, 5) is 32.1. The molecule has 2 rings (SSSR count). The number of thiophene rings is 1. The molecule has 1 amide bonds. The van der Waals surface area contributed by atoms with E-state index in [-0.39, 0.29) is 17.3 Å². The summed E-state index contributed by atoms with van der Waals surface area (Å²) in [5.74, 6) is -1.57. The summed E-state index contributed by atoms with van der Waals surface area (Å²) in [5, 5.41) is 10.9. The number of hydrogen-bond acceptors (Lipinski definition) is 4. The number of aromatic carboxylic acids is 1. The summed E-state index contributed by atoms with van der Waals surface area (Å²) in [6, 6.07) is 3.85. The molecule has 2 aromatic rings. The highest BCUT2D eigenvalue weighted by molar-refractivity contribution is 7.09. The maximum atomic E-state index is 12.3. The van der Waals surface area contributed by atoms with Gasteiger partial charge in [0.2, 0.25) is 0 Å². The normalized spacial score (nSPS) is 10.4. The summed E-state index contributed by atoms with van der Waals surface area (Å²) >= 11 is 1.55. The summed E-state index contributed by atoms with van der Waals surface area (Å²) in [6.45, 7) is 2.79. The third-order valence-corrected chi connectivity index (χ3v) is 3.51. The molecule has 2 heterocycles. The van der Waals surface area contributed by atoms with Gasteiger partial charge in [-0.25, -0.2) is 9.78 Å². The maximum Gasteiger partial charge on any atom is 0.354 e. The standard InChI is InChI=1S/C12H13N3O3S/c1-2-15(6-8-4-3-5-19-8)11(16)9-10(12(17)18)14-7-13-9/h3-5,7H,2,6H2,1H3,(H,13,14)(H,17,18). The van der Waals surface area contributed by atoms with Crippen molar-refractivity contribution in [2.75, 3.05) is 6.54 Å². The third-order valence-electron chi connectivity index (χ3n) is 2.65. The number of nitrogens with zero attached hydrogens (tertiary/aromatic N) is 2. The molecule has 0 saturated carbocycles. The molecule has 2 aromatic heterocycles. The van der Waals surface area contributed by atoms with Gasteiger partial charge in [0.25, 0.3) is 5.91 Å². The molecular weight excluding hydrogens is 266 g/mol. The summed E-state index contributed by atoms with van der Waals surface area (Å²) in [5.41, 5.74) is -0.222. The van der Waals surface area contributed by atoms with E-state index >= 15 is 0 Å². The van der Waals surface area contributed by atoms with E-state index in [4.69, 9.17) is 5.11 Å². The number of rotatable bonds is 5. The minimum Gasteiger partial charge on any atom is -0.477 e. The lowest BCUT2D eigenvalue weighted by Gasteiger charge is -2.19. The molecule has 2 N–H and O–H groups in total. The SMILES string of the molecule is CCN(Cc1cccs1)C(=O)c1nc[nH]c1C(=O)O. The second kappa shape index (κ2) is 5.66. The van der Waals surface area contributed by atoms with E-state index in [9.17, 15) is 9.59 Å². The molecule has 0 spiro atoms. The fraction of sp³-hybridized carbons (Fsp3) is 0.250. The molecule has 19 heavy (non-hydrogen) atoms. The van der Waals surface area contributed by atoms with Crippen molar-refractivity contribution in [2.45, 2.75) is 13.5 Å². The van der Waals surface area contributed by atoms with Gasteiger partial charge in [-0.2, -0.15) is 0 Å². The first-order valence-electron chi connectivity index (χ1n) is 5.71. The highest BCUT2D eigenvalue weighted by atomic mass is 32.1. The Bertz CT molecular complexity index is 577. The van der Waals surface area contributed by atoms with E-state index in [0.717, 1.165) is 4.88 Å². The van der Waals surface area contributed by atoms with E-state index in [1.165, 1.54) is 6.33 Å². The number of aromatic amines is 1. The van der Waals surface area contributed by atoms with Crippen LogP contribution >= 0.6 is 11.3 Å². The molecule has 6 nitrogen and oxygen atoms in total. The lowest BCUT2D eigenvalue weighted by Crippen LogP contribution is -2.31. The van der Waals surface area contributed by atoms with Gasteiger partial charge in [-0.3, -0.25) is 4.79 Å². The van der Waals surface area contributed by atoms with Crippen molar-refractivity contribution >= 4 is 23.2 Å². The Labute approximate surface area is 113 Å². The van der Waals surface area contributed by atoms with Crippen molar-refractivity contribution < 1.29 is 14.7 Å². The van der Waals surface area contributed by atoms with Crippen molar-refractivity contribution in [1.82, 2.24) is 14.9 Å². The number of amides is 1. The number of carboxylic acid groups (broad SMARTS) is 1. The van der Waals surface area contributed by atoms with Gasteiger partial charge in [0.05, 0.1) is 12.9 Å². The predicted octanol–water partition coefficient (Wildman–Crippen LogP) is 1.83. The predicted molar refractivity (Wildman–Crippen MR) is 70.3 cm³/mol. The van der Waals surface area contributed by atoms with Crippen LogP contribution in [0.5, 0.6) is 0 Å². The minimum atomic E-state index is -1.19. The van der Waals surface area contributed by atoms with Crippen LogP contribution in [0.3, 0.4) is 0 Å². The van der Waals surface area contributed by atoms with Crippen LogP contribution in [-0.4, -0.2) is 38.4 Å². The second-order valence-electron chi connectivity index (χ2n) is 3.83. The minimum absolute atomic E-state index is 0.0501. The van der Waals surface area contributed by atoms with Crippen molar-refractivity contribution in [3.63, 3.8) is 0 Å². The molecule has 0 aliphatic carbocycles. The first-order valence-corrected chi connectivity index (χ1v) is 6.59. The quantitative estimate of drug-likeness (QED) is 0.874. The van der Waals surface area contributed by atoms with Crippen LogP contribution in [0.1, 0.15) is 32.8 Å². The van der Waals surface area contributed by atoms with Gasteiger partial charge in [-0.15, -0.1) is 11.3 Å². The van der Waals surface area contributed by atoms with Crippen LogP contribution in [0, 0.1) is 0 Å². The monoisotopic (exact) mass is 279 g/mol. The second-order valence-corrected chi connectivity index (χ2v) is 4.86. The number of imidazole rings is 1. The molecule has 0 fully saturated rings. The third kappa shape index (κ3) is 2.82. The first kappa shape index (κ1) is 13.3. The van der Waals surface area contributed by atoms with Crippen molar-refractivity contribution in [3.8, 4) is 0 Å². The Hall–Kier alpha value is -2.15. The number of carboxylic acids is 1. The van der Waals surface area contributed by atoms with Crippen LogP contribution in [0.4, 0.5) is 0 Å². The summed E-state index contributed by atoms with van der Waals surface area (Å²) in [6.07, 6.45) is 1.22. The summed E-state index contributed by atoms with van der Waals surface area (Å²) in [7, 11) is 0. The van der Waals surface area contributed by atoms with Gasteiger partial charge < -0.3 is 15.0 Å². The van der Waals surface area contributed by atoms with Crippen LogP contribution in [0.2, 0.25) is 0 Å². The lowest BCUT2D eigenvalue weighted by molar-refractivity contribution is 0.0668. The zero-order chi connectivity index (χ0) is 13.8. The Morgan fingerprint density at radius 2 is 2.32 bits per heavy atom. The highest BCUT2D eigenvalue weighted by Gasteiger charge is 2.24. The Morgan fingerprint density at radius 1 is 1.53 bits per heavy atom. The summed E-state index contributed by atoms with van der Waals surface area (Å²) < 4.78 is 0. The van der Waals surface area contributed by atoms with Gasteiger partial charge in [0, 0.05) is 11.4 Å². The molecule has 7 heteroatoms. The van der Waals surface area contributed by atoms with Gasteiger partial charge in [-0.1, -0.05) is 6.07 Å². The Kier molecular flexibility index (Phi) is 3.96. The van der Waals surface area contributed by atoms with E-state index in [0.29, 0.717) is 13.1 Å². The van der Waals surface area contributed by atoms with Crippen LogP contribution in [0.15, 0.2) is 23.8 Å².